The molecule has 1 aromatic heterocycles. The standard InChI is InChI=1S/C10H18N2O2S/c1-11-7-9-8-12-10(15-9)3-4-14-6-5-13-2/h8,11H,3-7H2,1-2H3. The van der Waals surface area contributed by atoms with E-state index in [1.807, 2.05) is 13.2 Å². The normalized spacial score (nSPS) is 10.8. The van der Waals surface area contributed by atoms with Crippen molar-refractivity contribution in [1.82, 2.24) is 10.3 Å². The van der Waals surface area contributed by atoms with Gasteiger partial charge in [0.05, 0.1) is 24.8 Å². The first kappa shape index (κ1) is 12.6. The summed E-state index contributed by atoms with van der Waals surface area (Å²) < 4.78 is 10.3. The number of nitrogens with one attached hydrogen (secondary N) is 1. The van der Waals surface area contributed by atoms with Gasteiger partial charge in [-0.3, -0.25) is 0 Å². The second kappa shape index (κ2) is 7.76. The maximum absolute atomic E-state index is 5.37. The van der Waals surface area contributed by atoms with Crippen molar-refractivity contribution in [3.8, 4) is 0 Å². The van der Waals surface area contributed by atoms with Gasteiger partial charge in [-0.25, -0.2) is 4.98 Å². The van der Waals surface area contributed by atoms with Crippen molar-refractivity contribution in [1.29, 1.82) is 0 Å². The summed E-state index contributed by atoms with van der Waals surface area (Å²) in [7, 11) is 3.61. The number of rotatable bonds is 8. The highest BCUT2D eigenvalue weighted by Crippen LogP contribution is 2.12. The summed E-state index contributed by atoms with van der Waals surface area (Å²) in [5, 5.41) is 4.24. The van der Waals surface area contributed by atoms with E-state index in [4.69, 9.17) is 9.47 Å². The maximum atomic E-state index is 5.37. The Morgan fingerprint density at radius 1 is 1.40 bits per heavy atom. The topological polar surface area (TPSA) is 43.4 Å². The van der Waals surface area contributed by atoms with Crippen LogP contribution in [0, 0.1) is 0 Å². The second-order valence-electron chi connectivity index (χ2n) is 3.11. The number of thiazole rings is 1. The molecule has 0 aliphatic carbocycles. The Morgan fingerprint density at radius 3 is 3.00 bits per heavy atom. The molecule has 0 fully saturated rings. The Morgan fingerprint density at radius 2 is 2.27 bits per heavy atom. The molecule has 0 amide bonds. The number of nitrogens with zero attached hydrogens (tertiary/aromatic N) is 1. The highest BCUT2D eigenvalue weighted by Gasteiger charge is 2.00. The molecule has 0 aliphatic rings. The lowest BCUT2D eigenvalue weighted by molar-refractivity contribution is 0.0722. The lowest BCUT2D eigenvalue weighted by Crippen LogP contribution is -2.04. The summed E-state index contributed by atoms with van der Waals surface area (Å²) in [4.78, 5) is 5.59. The van der Waals surface area contributed by atoms with E-state index in [2.05, 4.69) is 10.3 Å². The average molecular weight is 230 g/mol. The molecule has 0 aromatic carbocycles. The third-order valence-corrected chi connectivity index (χ3v) is 2.90. The fraction of sp³-hybridized carbons (Fsp3) is 0.700. The van der Waals surface area contributed by atoms with Gasteiger partial charge in [0, 0.05) is 31.1 Å². The van der Waals surface area contributed by atoms with Gasteiger partial charge in [0.1, 0.15) is 0 Å². The van der Waals surface area contributed by atoms with Crippen LogP contribution in [0.4, 0.5) is 0 Å². The molecule has 1 rings (SSSR count). The quantitative estimate of drug-likeness (QED) is 0.678. The molecule has 1 heterocycles. The van der Waals surface area contributed by atoms with Crippen molar-refractivity contribution < 1.29 is 9.47 Å². The van der Waals surface area contributed by atoms with Gasteiger partial charge >= 0.3 is 0 Å². The van der Waals surface area contributed by atoms with E-state index in [1.165, 1.54) is 4.88 Å². The molecule has 1 N–H and O–H groups in total. The molecule has 15 heavy (non-hydrogen) atoms. The lowest BCUT2D eigenvalue weighted by atomic mass is 10.5. The Bertz CT molecular complexity index is 266. The average Bonchev–Trinajstić information content (AvgIpc) is 2.66. The van der Waals surface area contributed by atoms with Gasteiger partial charge in [-0.2, -0.15) is 0 Å². The van der Waals surface area contributed by atoms with Crippen LogP contribution in [0.15, 0.2) is 6.20 Å². The van der Waals surface area contributed by atoms with Gasteiger partial charge in [-0.1, -0.05) is 0 Å². The van der Waals surface area contributed by atoms with Gasteiger partial charge in [0.15, 0.2) is 0 Å². The van der Waals surface area contributed by atoms with E-state index in [1.54, 1.807) is 18.4 Å². The van der Waals surface area contributed by atoms with Crippen LogP contribution in [0.5, 0.6) is 0 Å². The lowest BCUT2D eigenvalue weighted by Gasteiger charge is -2.00. The molecule has 0 bridgehead atoms. The molecule has 4 nitrogen and oxygen atoms in total. The van der Waals surface area contributed by atoms with Crippen LogP contribution in [0.3, 0.4) is 0 Å². The van der Waals surface area contributed by atoms with Crippen LogP contribution in [-0.4, -0.2) is 39.0 Å². The van der Waals surface area contributed by atoms with Gasteiger partial charge in [-0.15, -0.1) is 11.3 Å². The molecule has 0 saturated carbocycles. The molecule has 0 spiro atoms. The highest BCUT2D eigenvalue weighted by atomic mass is 32.1. The van der Waals surface area contributed by atoms with Crippen LogP contribution < -0.4 is 5.32 Å². The van der Waals surface area contributed by atoms with Crippen LogP contribution >= 0.6 is 11.3 Å². The molecular formula is C10H18N2O2S. The van der Waals surface area contributed by atoms with E-state index in [0.717, 1.165) is 24.6 Å². The van der Waals surface area contributed by atoms with E-state index in [-0.39, 0.29) is 0 Å². The smallest absolute Gasteiger partial charge is 0.0951 e. The first-order valence-electron chi connectivity index (χ1n) is 5.01. The highest BCUT2D eigenvalue weighted by molar-refractivity contribution is 7.11. The van der Waals surface area contributed by atoms with Gasteiger partial charge in [0.25, 0.3) is 0 Å². The number of ether oxygens (including phenoxy) is 2. The van der Waals surface area contributed by atoms with Crippen molar-refractivity contribution in [2.75, 3.05) is 34.0 Å². The van der Waals surface area contributed by atoms with Crippen molar-refractivity contribution in [2.24, 2.45) is 0 Å². The summed E-state index contributed by atoms with van der Waals surface area (Å²) >= 11 is 1.74. The molecule has 5 heteroatoms. The Kier molecular flexibility index (Phi) is 6.50. The molecule has 0 radical (unpaired) electrons. The monoisotopic (exact) mass is 230 g/mol. The van der Waals surface area contributed by atoms with Crippen LogP contribution in [-0.2, 0) is 22.4 Å². The van der Waals surface area contributed by atoms with E-state index >= 15 is 0 Å². The molecule has 0 unspecified atom stereocenters. The number of hydrogen-bond acceptors (Lipinski definition) is 5. The molecule has 0 aliphatic heterocycles. The minimum atomic E-state index is 0.656. The summed E-state index contributed by atoms with van der Waals surface area (Å²) in [5.74, 6) is 0. The fourth-order valence-electron chi connectivity index (χ4n) is 1.12. The number of aromatic nitrogens is 1. The number of methoxy groups -OCH3 is 1. The predicted molar refractivity (Wildman–Crippen MR) is 61.3 cm³/mol. The summed E-state index contributed by atoms with van der Waals surface area (Å²) in [6, 6.07) is 0. The first-order valence-corrected chi connectivity index (χ1v) is 5.83. The summed E-state index contributed by atoms with van der Waals surface area (Å²) in [6.45, 7) is 2.92. The van der Waals surface area contributed by atoms with E-state index in [9.17, 15) is 0 Å². The molecular weight excluding hydrogens is 212 g/mol. The zero-order chi connectivity index (χ0) is 10.9. The SMILES string of the molecule is CNCc1cnc(CCOCCOC)s1. The molecule has 86 valence electrons. The van der Waals surface area contributed by atoms with Crippen molar-refractivity contribution >= 4 is 11.3 Å². The zero-order valence-corrected chi connectivity index (χ0v) is 10.1. The van der Waals surface area contributed by atoms with Crippen molar-refractivity contribution in [3.63, 3.8) is 0 Å². The summed E-state index contributed by atoms with van der Waals surface area (Å²) in [5.41, 5.74) is 0. The molecule has 0 atom stereocenters. The zero-order valence-electron chi connectivity index (χ0n) is 9.28. The van der Waals surface area contributed by atoms with E-state index in [0.29, 0.717) is 13.2 Å². The first-order chi connectivity index (χ1) is 7.36. The third kappa shape index (κ3) is 5.22. The predicted octanol–water partition coefficient (Wildman–Crippen LogP) is 1.07. The largest absolute Gasteiger partial charge is 0.382 e. The minimum Gasteiger partial charge on any atom is -0.382 e. The Hall–Kier alpha value is -0.490. The van der Waals surface area contributed by atoms with Gasteiger partial charge in [-0.05, 0) is 7.05 Å². The number of hydrogen-bond donors (Lipinski definition) is 1. The maximum Gasteiger partial charge on any atom is 0.0951 e. The Balaban J connectivity index is 2.14. The van der Waals surface area contributed by atoms with Crippen LogP contribution in [0.1, 0.15) is 9.88 Å². The van der Waals surface area contributed by atoms with Crippen molar-refractivity contribution in [2.45, 2.75) is 13.0 Å². The van der Waals surface area contributed by atoms with Gasteiger partial charge in [0.2, 0.25) is 0 Å². The third-order valence-electron chi connectivity index (χ3n) is 1.84. The van der Waals surface area contributed by atoms with Crippen LogP contribution in [0.25, 0.3) is 0 Å². The fourth-order valence-corrected chi connectivity index (χ4v) is 2.04. The summed E-state index contributed by atoms with van der Waals surface area (Å²) in [6.07, 6.45) is 2.81. The Labute approximate surface area is 94.6 Å². The minimum absolute atomic E-state index is 0.656. The van der Waals surface area contributed by atoms with E-state index < -0.39 is 0 Å². The second-order valence-corrected chi connectivity index (χ2v) is 4.31. The molecule has 0 saturated heterocycles. The molecule has 1 aromatic rings. The van der Waals surface area contributed by atoms with Gasteiger partial charge < -0.3 is 14.8 Å². The van der Waals surface area contributed by atoms with Crippen molar-refractivity contribution in [3.05, 3.63) is 16.1 Å². The van der Waals surface area contributed by atoms with Crippen LogP contribution in [0.2, 0.25) is 0 Å².